The summed E-state index contributed by atoms with van der Waals surface area (Å²) in [4.78, 5) is 14.5. The predicted octanol–water partition coefficient (Wildman–Crippen LogP) is 4.35. The van der Waals surface area contributed by atoms with Gasteiger partial charge in [0, 0.05) is 18.1 Å². The molecule has 0 bridgehead atoms. The lowest BCUT2D eigenvalue weighted by atomic mass is 10.1. The summed E-state index contributed by atoms with van der Waals surface area (Å²) in [7, 11) is 0. The molecular weight excluding hydrogens is 324 g/mol. The lowest BCUT2D eigenvalue weighted by Gasteiger charge is -2.30. The molecule has 5 heteroatoms. The molecule has 126 valence electrons. The second-order valence-corrected chi connectivity index (χ2v) is 6.29. The van der Waals surface area contributed by atoms with Crippen molar-refractivity contribution in [3.8, 4) is 5.75 Å². The van der Waals surface area contributed by atoms with E-state index in [2.05, 4.69) is 16.3 Å². The standard InChI is InChI=1S/C19H21ClN2O2/c20-15-8-10-16(11-9-15)24-14-19(23)21-17-6-2-3-7-18(17)22-12-4-1-5-13-22/h2-3,6-11H,1,4-5,12-14H2,(H,21,23). The largest absolute Gasteiger partial charge is 0.484 e. The number of benzene rings is 2. The summed E-state index contributed by atoms with van der Waals surface area (Å²) in [6.45, 7) is 2.04. The molecule has 0 unspecified atom stereocenters. The maximum Gasteiger partial charge on any atom is 0.262 e. The molecule has 1 N–H and O–H groups in total. The number of anilines is 2. The van der Waals surface area contributed by atoms with E-state index in [4.69, 9.17) is 16.3 Å². The van der Waals surface area contributed by atoms with Gasteiger partial charge in [-0.25, -0.2) is 0 Å². The maximum atomic E-state index is 12.2. The van der Waals surface area contributed by atoms with E-state index in [-0.39, 0.29) is 12.5 Å². The molecule has 0 aliphatic carbocycles. The molecule has 0 spiro atoms. The Balaban J connectivity index is 1.60. The third-order valence-corrected chi connectivity index (χ3v) is 4.31. The zero-order valence-electron chi connectivity index (χ0n) is 13.5. The van der Waals surface area contributed by atoms with E-state index in [0.29, 0.717) is 10.8 Å². The van der Waals surface area contributed by atoms with Gasteiger partial charge in [-0.3, -0.25) is 4.79 Å². The molecule has 1 saturated heterocycles. The van der Waals surface area contributed by atoms with Crippen LogP contribution in [0.3, 0.4) is 0 Å². The van der Waals surface area contributed by atoms with Gasteiger partial charge in [0.2, 0.25) is 0 Å². The number of halogens is 1. The first kappa shape index (κ1) is 16.7. The van der Waals surface area contributed by atoms with Crippen LogP contribution >= 0.6 is 11.6 Å². The Morgan fingerprint density at radius 3 is 2.50 bits per heavy atom. The fourth-order valence-corrected chi connectivity index (χ4v) is 2.98. The maximum absolute atomic E-state index is 12.2. The van der Waals surface area contributed by atoms with Crippen LogP contribution in [0.15, 0.2) is 48.5 Å². The Morgan fingerprint density at radius 1 is 1.04 bits per heavy atom. The summed E-state index contributed by atoms with van der Waals surface area (Å²) >= 11 is 5.83. The molecule has 24 heavy (non-hydrogen) atoms. The summed E-state index contributed by atoms with van der Waals surface area (Å²) in [5.74, 6) is 0.452. The predicted molar refractivity (Wildman–Crippen MR) is 98.1 cm³/mol. The molecular formula is C19H21ClN2O2. The number of ether oxygens (including phenoxy) is 1. The Kier molecular flexibility index (Phi) is 5.59. The average Bonchev–Trinajstić information content (AvgIpc) is 2.62. The Bertz CT molecular complexity index is 682. The number of carbonyl (C=O) groups is 1. The van der Waals surface area contributed by atoms with E-state index < -0.39 is 0 Å². The highest BCUT2D eigenvalue weighted by Crippen LogP contribution is 2.28. The van der Waals surface area contributed by atoms with Crippen LogP contribution in [0.25, 0.3) is 0 Å². The van der Waals surface area contributed by atoms with Crippen molar-refractivity contribution in [2.75, 3.05) is 29.9 Å². The number of para-hydroxylation sites is 2. The van der Waals surface area contributed by atoms with Gasteiger partial charge >= 0.3 is 0 Å². The molecule has 1 amide bonds. The summed E-state index contributed by atoms with van der Waals surface area (Å²) in [6.07, 6.45) is 3.67. The molecule has 0 atom stereocenters. The molecule has 1 fully saturated rings. The second-order valence-electron chi connectivity index (χ2n) is 5.86. The smallest absolute Gasteiger partial charge is 0.262 e. The molecule has 1 aliphatic rings. The summed E-state index contributed by atoms with van der Waals surface area (Å²) in [5.41, 5.74) is 1.92. The fourth-order valence-electron chi connectivity index (χ4n) is 2.86. The van der Waals surface area contributed by atoms with E-state index >= 15 is 0 Å². The number of hydrogen-bond donors (Lipinski definition) is 1. The number of nitrogens with zero attached hydrogens (tertiary/aromatic N) is 1. The lowest BCUT2D eigenvalue weighted by Crippen LogP contribution is -2.30. The SMILES string of the molecule is O=C(COc1ccc(Cl)cc1)Nc1ccccc1N1CCCCC1. The third-order valence-electron chi connectivity index (χ3n) is 4.06. The van der Waals surface area contributed by atoms with Gasteiger partial charge in [0.15, 0.2) is 6.61 Å². The molecule has 4 nitrogen and oxygen atoms in total. The van der Waals surface area contributed by atoms with Gasteiger partial charge in [0.05, 0.1) is 11.4 Å². The molecule has 0 saturated carbocycles. The van der Waals surface area contributed by atoms with Crippen molar-refractivity contribution in [3.63, 3.8) is 0 Å². The molecule has 0 radical (unpaired) electrons. The van der Waals surface area contributed by atoms with Crippen LogP contribution in [0.2, 0.25) is 5.02 Å². The quantitative estimate of drug-likeness (QED) is 0.876. The van der Waals surface area contributed by atoms with E-state index in [1.165, 1.54) is 19.3 Å². The van der Waals surface area contributed by atoms with Crippen LogP contribution < -0.4 is 15.0 Å². The molecule has 3 rings (SSSR count). The number of hydrogen-bond acceptors (Lipinski definition) is 3. The minimum atomic E-state index is -0.172. The number of piperidine rings is 1. The van der Waals surface area contributed by atoms with Crippen LogP contribution in [0.1, 0.15) is 19.3 Å². The van der Waals surface area contributed by atoms with E-state index in [1.807, 2.05) is 18.2 Å². The van der Waals surface area contributed by atoms with E-state index in [9.17, 15) is 4.79 Å². The van der Waals surface area contributed by atoms with Crippen LogP contribution in [-0.2, 0) is 4.79 Å². The minimum absolute atomic E-state index is 0.0318. The Hall–Kier alpha value is -2.20. The highest BCUT2D eigenvalue weighted by atomic mass is 35.5. The minimum Gasteiger partial charge on any atom is -0.484 e. The number of nitrogens with one attached hydrogen (secondary N) is 1. The van der Waals surface area contributed by atoms with Crippen molar-refractivity contribution >= 4 is 28.9 Å². The van der Waals surface area contributed by atoms with Gasteiger partial charge in [-0.2, -0.15) is 0 Å². The van der Waals surface area contributed by atoms with Crippen molar-refractivity contribution < 1.29 is 9.53 Å². The first-order chi connectivity index (χ1) is 11.7. The van der Waals surface area contributed by atoms with Crippen LogP contribution in [0.4, 0.5) is 11.4 Å². The van der Waals surface area contributed by atoms with Gasteiger partial charge in [-0.15, -0.1) is 0 Å². The van der Waals surface area contributed by atoms with E-state index in [1.54, 1.807) is 24.3 Å². The zero-order valence-corrected chi connectivity index (χ0v) is 14.3. The van der Waals surface area contributed by atoms with Gasteiger partial charge in [-0.1, -0.05) is 23.7 Å². The monoisotopic (exact) mass is 344 g/mol. The number of carbonyl (C=O) groups excluding carboxylic acids is 1. The summed E-state index contributed by atoms with van der Waals surface area (Å²) < 4.78 is 5.50. The lowest BCUT2D eigenvalue weighted by molar-refractivity contribution is -0.118. The molecule has 2 aromatic rings. The first-order valence-electron chi connectivity index (χ1n) is 8.24. The van der Waals surface area contributed by atoms with Crippen LogP contribution in [-0.4, -0.2) is 25.6 Å². The van der Waals surface area contributed by atoms with Crippen molar-refractivity contribution in [2.24, 2.45) is 0 Å². The molecule has 1 heterocycles. The average molecular weight is 345 g/mol. The summed E-state index contributed by atoms with van der Waals surface area (Å²) in [6, 6.07) is 14.9. The highest BCUT2D eigenvalue weighted by molar-refractivity contribution is 6.30. The van der Waals surface area contributed by atoms with Crippen molar-refractivity contribution in [3.05, 3.63) is 53.6 Å². The highest BCUT2D eigenvalue weighted by Gasteiger charge is 2.15. The molecule has 0 aromatic heterocycles. The van der Waals surface area contributed by atoms with Gasteiger partial charge in [0.25, 0.3) is 5.91 Å². The topological polar surface area (TPSA) is 41.6 Å². The molecule has 1 aliphatic heterocycles. The van der Waals surface area contributed by atoms with Crippen molar-refractivity contribution in [1.29, 1.82) is 0 Å². The van der Waals surface area contributed by atoms with Gasteiger partial charge in [0.1, 0.15) is 5.75 Å². The second kappa shape index (κ2) is 8.06. The van der Waals surface area contributed by atoms with Gasteiger partial charge < -0.3 is 15.0 Å². The Morgan fingerprint density at radius 2 is 1.75 bits per heavy atom. The van der Waals surface area contributed by atoms with Gasteiger partial charge in [-0.05, 0) is 55.7 Å². The number of rotatable bonds is 5. The summed E-state index contributed by atoms with van der Waals surface area (Å²) in [5, 5.41) is 3.60. The molecule has 2 aromatic carbocycles. The van der Waals surface area contributed by atoms with Crippen LogP contribution in [0.5, 0.6) is 5.75 Å². The van der Waals surface area contributed by atoms with E-state index in [0.717, 1.165) is 24.5 Å². The van der Waals surface area contributed by atoms with Crippen molar-refractivity contribution in [1.82, 2.24) is 0 Å². The fraction of sp³-hybridized carbons (Fsp3) is 0.316. The Labute approximate surface area is 147 Å². The van der Waals surface area contributed by atoms with Crippen molar-refractivity contribution in [2.45, 2.75) is 19.3 Å². The number of amides is 1. The zero-order chi connectivity index (χ0) is 16.8. The third kappa shape index (κ3) is 4.42. The van der Waals surface area contributed by atoms with Crippen LogP contribution in [0, 0.1) is 0 Å². The normalized spacial score (nSPS) is 14.3. The first-order valence-corrected chi connectivity index (χ1v) is 8.62.